The molecule has 0 radical (unpaired) electrons. The second kappa shape index (κ2) is 10.3. The van der Waals surface area contributed by atoms with E-state index in [1.54, 1.807) is 32.3 Å². The largest absolute Gasteiger partial charge is 0.392 e. The molecule has 8 nitrogen and oxygen atoms in total. The highest BCUT2D eigenvalue weighted by Crippen LogP contribution is 2.48. The van der Waals surface area contributed by atoms with Gasteiger partial charge >= 0.3 is 0 Å². The van der Waals surface area contributed by atoms with Gasteiger partial charge in [-0.05, 0) is 57.6 Å². The van der Waals surface area contributed by atoms with Gasteiger partial charge in [0.15, 0.2) is 0 Å². The molecule has 1 amide bonds. The van der Waals surface area contributed by atoms with Crippen molar-refractivity contribution >= 4 is 29.1 Å². The number of aryl methyl sites for hydroxylation is 1. The molecule has 1 unspecified atom stereocenters. The number of hydrogen-bond acceptors (Lipinski definition) is 8. The van der Waals surface area contributed by atoms with Gasteiger partial charge in [0.1, 0.15) is 18.0 Å². The molecule has 4 rings (SSSR count). The number of thiazole rings is 1. The monoisotopic (exact) mass is 520 g/mol. The fourth-order valence-electron chi connectivity index (χ4n) is 6.30. The van der Waals surface area contributed by atoms with E-state index in [1.807, 2.05) is 25.3 Å². The average molecular weight is 521 g/mol. The Morgan fingerprint density at radius 2 is 2.06 bits per heavy atom. The number of Topliss-reactive ketones (excluding diaryl/α,β-unsaturated/α-hetero) is 1. The predicted octanol–water partition coefficient (Wildman–Crippen LogP) is 3.04. The summed E-state index contributed by atoms with van der Waals surface area (Å²) < 4.78 is 12.1. The predicted molar refractivity (Wildman–Crippen MR) is 137 cm³/mol. The summed E-state index contributed by atoms with van der Waals surface area (Å²) >= 11 is 1.56. The smallest absolute Gasteiger partial charge is 0.223 e. The quantitative estimate of drug-likeness (QED) is 0.524. The van der Waals surface area contributed by atoms with Gasteiger partial charge in [-0.3, -0.25) is 9.59 Å². The first kappa shape index (κ1) is 27.4. The molecule has 200 valence electrons. The molecule has 1 saturated carbocycles. The van der Waals surface area contributed by atoms with Crippen molar-refractivity contribution < 1.29 is 29.3 Å². The van der Waals surface area contributed by atoms with E-state index in [1.165, 1.54) is 0 Å². The second-order valence-corrected chi connectivity index (χ2v) is 12.5. The number of amides is 1. The summed E-state index contributed by atoms with van der Waals surface area (Å²) in [4.78, 5) is 31.0. The van der Waals surface area contributed by atoms with Crippen LogP contribution in [-0.4, -0.2) is 70.1 Å². The molecule has 36 heavy (non-hydrogen) atoms. The number of nitrogens with one attached hydrogen (secondary N) is 1. The van der Waals surface area contributed by atoms with Crippen molar-refractivity contribution in [3.8, 4) is 0 Å². The Hall–Kier alpha value is -1.65. The van der Waals surface area contributed by atoms with Gasteiger partial charge in [0.2, 0.25) is 5.91 Å². The molecule has 3 heterocycles. The first-order valence-electron chi connectivity index (χ1n) is 12.9. The molecule has 2 aliphatic heterocycles. The van der Waals surface area contributed by atoms with E-state index < -0.39 is 41.3 Å². The van der Waals surface area contributed by atoms with Gasteiger partial charge in [-0.2, -0.15) is 0 Å². The number of hydrogen-bond donors (Lipinski definition) is 3. The van der Waals surface area contributed by atoms with Crippen LogP contribution in [0.15, 0.2) is 11.0 Å². The molecule has 1 aromatic rings. The Bertz CT molecular complexity index is 1030. The van der Waals surface area contributed by atoms with Gasteiger partial charge < -0.3 is 25.0 Å². The summed E-state index contributed by atoms with van der Waals surface area (Å²) in [5.74, 6) is -1.25. The highest BCUT2D eigenvalue weighted by atomic mass is 32.1. The summed E-state index contributed by atoms with van der Waals surface area (Å²) in [6.45, 7) is 9.41. The van der Waals surface area contributed by atoms with Gasteiger partial charge in [-0.1, -0.05) is 20.3 Å². The summed E-state index contributed by atoms with van der Waals surface area (Å²) in [7, 11) is 1.62. The van der Waals surface area contributed by atoms with Crippen LogP contribution in [0.2, 0.25) is 0 Å². The number of aliphatic hydroxyl groups is 2. The van der Waals surface area contributed by atoms with Crippen LogP contribution >= 0.6 is 11.3 Å². The maximum atomic E-state index is 13.3. The van der Waals surface area contributed by atoms with Crippen molar-refractivity contribution in [2.24, 2.45) is 17.3 Å². The van der Waals surface area contributed by atoms with Gasteiger partial charge in [-0.25, -0.2) is 4.98 Å². The Labute approximate surface area is 217 Å². The lowest BCUT2D eigenvalue weighted by Crippen LogP contribution is -2.55. The number of ketones is 1. The summed E-state index contributed by atoms with van der Waals surface area (Å²) in [5, 5.41) is 28.0. The highest BCUT2D eigenvalue weighted by Gasteiger charge is 2.59. The molecule has 1 aliphatic carbocycles. The third kappa shape index (κ3) is 5.18. The molecular formula is C27H40N2O6S. The van der Waals surface area contributed by atoms with Crippen LogP contribution in [-0.2, 0) is 19.1 Å². The van der Waals surface area contributed by atoms with E-state index in [0.717, 1.165) is 35.5 Å². The normalized spacial score (nSPS) is 42.3. The van der Waals surface area contributed by atoms with Crippen LogP contribution in [0.1, 0.15) is 70.5 Å². The minimum absolute atomic E-state index is 0.123. The van der Waals surface area contributed by atoms with E-state index in [0.29, 0.717) is 6.42 Å². The molecule has 3 fully saturated rings. The van der Waals surface area contributed by atoms with Crippen molar-refractivity contribution in [2.45, 2.75) is 103 Å². The molecular weight excluding hydrogens is 480 g/mol. The van der Waals surface area contributed by atoms with Crippen LogP contribution < -0.4 is 5.32 Å². The van der Waals surface area contributed by atoms with Gasteiger partial charge in [0.05, 0.1) is 46.4 Å². The van der Waals surface area contributed by atoms with Crippen LogP contribution in [0.5, 0.6) is 0 Å². The van der Waals surface area contributed by atoms with E-state index in [9.17, 15) is 19.8 Å². The molecule has 2 saturated heterocycles. The van der Waals surface area contributed by atoms with E-state index in [4.69, 9.17) is 9.47 Å². The fraction of sp³-hybridized carbons (Fsp3) is 0.741. The maximum Gasteiger partial charge on any atom is 0.223 e. The number of carbonyl (C=O) groups excluding carboxylic acids is 2. The van der Waals surface area contributed by atoms with Crippen molar-refractivity contribution in [1.29, 1.82) is 0 Å². The van der Waals surface area contributed by atoms with E-state index >= 15 is 0 Å². The minimum Gasteiger partial charge on any atom is -0.392 e. The minimum atomic E-state index is -1.15. The lowest BCUT2D eigenvalue weighted by atomic mass is 9.60. The number of nitrogens with zero attached hydrogens (tertiary/aromatic N) is 1. The maximum absolute atomic E-state index is 13.3. The van der Waals surface area contributed by atoms with Crippen LogP contribution in [0, 0.1) is 24.2 Å². The van der Waals surface area contributed by atoms with Crippen LogP contribution in [0.25, 0.3) is 6.08 Å². The van der Waals surface area contributed by atoms with Crippen molar-refractivity contribution in [3.05, 3.63) is 21.7 Å². The molecule has 2 bridgehead atoms. The summed E-state index contributed by atoms with van der Waals surface area (Å²) in [6.07, 6.45) is 1.87. The zero-order valence-corrected chi connectivity index (χ0v) is 22.9. The Morgan fingerprint density at radius 3 is 2.69 bits per heavy atom. The molecule has 3 N–H and O–H groups in total. The highest BCUT2D eigenvalue weighted by molar-refractivity contribution is 7.09. The van der Waals surface area contributed by atoms with Gasteiger partial charge in [0, 0.05) is 18.4 Å². The number of fused-ring (bicyclic) bond motifs is 3. The lowest BCUT2D eigenvalue weighted by Gasteiger charge is -2.45. The first-order chi connectivity index (χ1) is 16.9. The topological polar surface area (TPSA) is 121 Å². The van der Waals surface area contributed by atoms with Gasteiger partial charge in [0.25, 0.3) is 0 Å². The molecule has 9 heteroatoms. The van der Waals surface area contributed by atoms with E-state index in [2.05, 4.69) is 17.2 Å². The molecule has 0 spiro atoms. The van der Waals surface area contributed by atoms with Crippen LogP contribution in [0.3, 0.4) is 0 Å². The van der Waals surface area contributed by atoms with Crippen molar-refractivity contribution in [1.82, 2.24) is 10.3 Å². The Morgan fingerprint density at radius 1 is 1.33 bits per heavy atom. The number of aliphatic hydroxyl groups excluding tert-OH is 2. The number of methoxy groups -OCH3 is 1. The lowest BCUT2D eigenvalue weighted by molar-refractivity contribution is -0.156. The molecule has 0 aromatic carbocycles. The number of ether oxygens (including phenoxy) is 2. The standard InChI is InChI=1S/C27H40N2O6S/c1-14(10-18-13-36-16(3)28-18)21-23(34-6)25-27(5,35-25)9-7-8-17-12-26(4,19(30)11-20(31)29-21)24(33)15(2)22(17)32/h10,13,15,17,19,21-23,25,30,32H,7-9,11-12H2,1-6H3,(H,29,31)/b14-10+/t15-,17-,19+,21-,22-,23?,25+,26+,27-/m1/s1. The van der Waals surface area contributed by atoms with E-state index in [-0.39, 0.29) is 30.1 Å². The van der Waals surface area contributed by atoms with Crippen molar-refractivity contribution in [2.75, 3.05) is 7.11 Å². The fourth-order valence-corrected chi connectivity index (χ4v) is 6.87. The third-order valence-electron chi connectivity index (χ3n) is 8.68. The Balaban J connectivity index is 1.66. The molecule has 3 aliphatic rings. The molecule has 9 atom stereocenters. The third-order valence-corrected chi connectivity index (χ3v) is 9.47. The number of rotatable bonds is 3. The number of aromatic nitrogens is 1. The Kier molecular flexibility index (Phi) is 7.80. The van der Waals surface area contributed by atoms with Crippen LogP contribution in [0.4, 0.5) is 0 Å². The number of epoxide rings is 1. The summed E-state index contributed by atoms with van der Waals surface area (Å²) in [5.41, 5.74) is 0.204. The SMILES string of the molecule is COC1[C@@H](/C(C)=C/c2csc(C)n2)NC(=O)C[C@H](O)[C@]2(C)C[C@@H](CCC[C@@]3(C)O[C@@H]13)[C@H](O)[C@@H](C)C2=O. The summed E-state index contributed by atoms with van der Waals surface area (Å²) in [6, 6.07) is -0.491. The zero-order valence-electron chi connectivity index (χ0n) is 22.1. The molecule has 1 aromatic heterocycles. The first-order valence-corrected chi connectivity index (χ1v) is 13.8. The number of carbonyl (C=O) groups is 2. The van der Waals surface area contributed by atoms with Crippen molar-refractivity contribution in [3.63, 3.8) is 0 Å². The zero-order chi connectivity index (χ0) is 26.4. The second-order valence-electron chi connectivity index (χ2n) is 11.4. The van der Waals surface area contributed by atoms with Gasteiger partial charge in [-0.15, -0.1) is 11.3 Å². The average Bonchev–Trinajstić information content (AvgIpc) is 3.30.